The van der Waals surface area contributed by atoms with Crippen LogP contribution in [0.2, 0.25) is 0 Å². The third kappa shape index (κ3) is 1.74. The summed E-state index contributed by atoms with van der Waals surface area (Å²) in [6.07, 6.45) is -8.11. The van der Waals surface area contributed by atoms with Gasteiger partial charge in [-0.25, -0.2) is 0 Å². The van der Waals surface area contributed by atoms with E-state index in [9.17, 15) is 17.6 Å². The molecule has 1 aromatic carbocycles. The molecule has 1 aliphatic rings. The second-order valence-corrected chi connectivity index (χ2v) is 4.10. The average molecular weight is 289 g/mol. The Kier molecular flexibility index (Phi) is 2.38. The van der Waals surface area contributed by atoms with Crippen LogP contribution in [0.4, 0.5) is 23.4 Å². The molecule has 0 saturated carbocycles. The van der Waals surface area contributed by atoms with Gasteiger partial charge in [-0.2, -0.15) is 22.7 Å². The molecule has 9 heteroatoms. The smallest absolute Gasteiger partial charge is 0.421 e. The van der Waals surface area contributed by atoms with E-state index in [4.69, 9.17) is 5.73 Å². The van der Waals surface area contributed by atoms with Crippen molar-refractivity contribution in [1.82, 2.24) is 10.2 Å². The highest BCUT2D eigenvalue weighted by molar-refractivity contribution is 5.75. The number of rotatable bonds is 1. The maximum atomic E-state index is 13.1. The first-order valence-electron chi connectivity index (χ1n) is 5.37. The molecule has 1 aliphatic heterocycles. The number of hydrogen-bond acceptors (Lipinski definition) is 4. The lowest BCUT2D eigenvalue weighted by Crippen LogP contribution is -2.52. The molecule has 2 heterocycles. The third-order valence-corrected chi connectivity index (χ3v) is 2.74. The topological polar surface area (TPSA) is 73.2 Å². The normalized spacial score (nSPS) is 18.8. The number of nitrogens with one attached hydrogen (secondary N) is 1. The van der Waals surface area contributed by atoms with Gasteiger partial charge < -0.3 is 15.2 Å². The van der Waals surface area contributed by atoms with Gasteiger partial charge in [0.05, 0.1) is 6.20 Å². The monoisotopic (exact) mass is 289 g/mol. The molecular weight excluding hydrogens is 282 g/mol. The van der Waals surface area contributed by atoms with E-state index in [1.54, 1.807) is 0 Å². The highest BCUT2D eigenvalue weighted by Gasteiger charge is 2.65. The Labute approximate surface area is 109 Å². The molecule has 2 aromatic rings. The van der Waals surface area contributed by atoms with Crippen LogP contribution in [0.3, 0.4) is 0 Å². The first-order valence-corrected chi connectivity index (χ1v) is 5.37. The zero-order valence-corrected chi connectivity index (χ0v) is 9.66. The number of nitrogens with zero attached hydrogens (tertiary/aromatic N) is 1. The van der Waals surface area contributed by atoms with Crippen LogP contribution in [0.5, 0.6) is 11.5 Å². The summed E-state index contributed by atoms with van der Waals surface area (Å²) in [6.45, 7) is 0. The van der Waals surface area contributed by atoms with Crippen LogP contribution >= 0.6 is 0 Å². The number of alkyl halides is 4. The Morgan fingerprint density at radius 3 is 2.30 bits per heavy atom. The maximum Gasteiger partial charge on any atom is 0.507 e. The molecule has 0 amide bonds. The van der Waals surface area contributed by atoms with Crippen LogP contribution in [-0.2, 0) is 0 Å². The van der Waals surface area contributed by atoms with Crippen molar-refractivity contribution in [1.29, 1.82) is 0 Å². The largest absolute Gasteiger partial charge is 0.507 e. The van der Waals surface area contributed by atoms with Gasteiger partial charge in [-0.05, 0) is 17.7 Å². The number of halogens is 4. The standard InChI is InChI=1S/C11H7F4N3O2/c12-10(13)11(14,15)20-8-3-5(1-2-7(8)19-10)6-4-17-18-9(6)16/h1-4H,(H3,16,17,18). The van der Waals surface area contributed by atoms with E-state index in [0.717, 1.165) is 12.1 Å². The number of nitrogens with two attached hydrogens (primary N) is 1. The summed E-state index contributed by atoms with van der Waals surface area (Å²) in [6, 6.07) is 3.60. The number of anilines is 1. The van der Waals surface area contributed by atoms with Gasteiger partial charge in [0.25, 0.3) is 0 Å². The van der Waals surface area contributed by atoms with Crippen molar-refractivity contribution in [2.75, 3.05) is 5.73 Å². The lowest BCUT2D eigenvalue weighted by molar-refractivity contribution is -0.391. The van der Waals surface area contributed by atoms with Gasteiger partial charge in [0.1, 0.15) is 5.82 Å². The fraction of sp³-hybridized carbons (Fsp3) is 0.182. The Morgan fingerprint density at radius 2 is 1.70 bits per heavy atom. The average Bonchev–Trinajstić information content (AvgIpc) is 2.76. The Balaban J connectivity index is 2.06. The fourth-order valence-corrected chi connectivity index (χ4v) is 1.76. The minimum Gasteiger partial charge on any atom is -0.421 e. The van der Waals surface area contributed by atoms with Crippen LogP contribution in [0.15, 0.2) is 24.4 Å². The number of ether oxygens (including phenoxy) is 2. The third-order valence-electron chi connectivity index (χ3n) is 2.74. The first kappa shape index (κ1) is 12.6. The van der Waals surface area contributed by atoms with Crippen molar-refractivity contribution in [2.45, 2.75) is 12.2 Å². The van der Waals surface area contributed by atoms with Crippen LogP contribution in [0.25, 0.3) is 11.1 Å². The molecule has 0 bridgehead atoms. The van der Waals surface area contributed by atoms with Crippen molar-refractivity contribution in [3.05, 3.63) is 24.4 Å². The van der Waals surface area contributed by atoms with Crippen molar-refractivity contribution < 1.29 is 27.0 Å². The quantitative estimate of drug-likeness (QED) is 0.791. The lowest BCUT2D eigenvalue weighted by Gasteiger charge is -2.31. The number of aromatic nitrogens is 2. The summed E-state index contributed by atoms with van der Waals surface area (Å²) in [4.78, 5) is 0. The van der Waals surface area contributed by atoms with Crippen molar-refractivity contribution >= 4 is 5.82 Å². The Bertz CT molecular complexity index is 671. The van der Waals surface area contributed by atoms with Crippen LogP contribution in [0, 0.1) is 0 Å². The summed E-state index contributed by atoms with van der Waals surface area (Å²) in [7, 11) is 0. The van der Waals surface area contributed by atoms with E-state index in [1.165, 1.54) is 12.3 Å². The van der Waals surface area contributed by atoms with Gasteiger partial charge in [0.2, 0.25) is 0 Å². The lowest BCUT2D eigenvalue weighted by atomic mass is 10.1. The zero-order chi connectivity index (χ0) is 14.5. The molecule has 0 fully saturated rings. The zero-order valence-electron chi connectivity index (χ0n) is 9.66. The second-order valence-electron chi connectivity index (χ2n) is 4.10. The fourth-order valence-electron chi connectivity index (χ4n) is 1.76. The molecular formula is C11H7F4N3O2. The summed E-state index contributed by atoms with van der Waals surface area (Å²) >= 11 is 0. The number of H-pyrrole nitrogens is 1. The summed E-state index contributed by atoms with van der Waals surface area (Å²) in [5.74, 6) is -0.774. The van der Waals surface area contributed by atoms with Crippen molar-refractivity contribution in [2.24, 2.45) is 0 Å². The Hall–Kier alpha value is -2.45. The molecule has 3 N–H and O–H groups in total. The molecule has 1 aromatic heterocycles. The molecule has 106 valence electrons. The molecule has 0 spiro atoms. The molecule has 0 aliphatic carbocycles. The van der Waals surface area contributed by atoms with Gasteiger partial charge >= 0.3 is 12.2 Å². The minimum atomic E-state index is -4.75. The second kappa shape index (κ2) is 3.78. The molecule has 0 atom stereocenters. The summed E-state index contributed by atoms with van der Waals surface area (Å²) in [5, 5.41) is 6.14. The summed E-state index contributed by atoms with van der Waals surface area (Å²) < 4.78 is 60.1. The number of nitrogen functional groups attached to an aromatic ring is 1. The van der Waals surface area contributed by atoms with Gasteiger partial charge in [0.15, 0.2) is 11.5 Å². The van der Waals surface area contributed by atoms with Crippen LogP contribution in [0.1, 0.15) is 0 Å². The SMILES string of the molecule is Nc1[nH]ncc1-c1ccc2c(c1)OC(F)(F)C(F)(F)O2. The number of fused-ring (bicyclic) bond motifs is 1. The molecule has 0 saturated heterocycles. The predicted octanol–water partition coefficient (Wildman–Crippen LogP) is 2.62. The van der Waals surface area contributed by atoms with E-state index >= 15 is 0 Å². The van der Waals surface area contributed by atoms with E-state index in [2.05, 4.69) is 19.7 Å². The minimum absolute atomic E-state index is 0.207. The molecule has 3 rings (SSSR count). The Morgan fingerprint density at radius 1 is 1.05 bits per heavy atom. The van der Waals surface area contributed by atoms with Crippen molar-refractivity contribution in [3.8, 4) is 22.6 Å². The molecule has 0 unspecified atom stereocenters. The van der Waals surface area contributed by atoms with Crippen LogP contribution < -0.4 is 15.2 Å². The van der Waals surface area contributed by atoms with Gasteiger partial charge in [-0.3, -0.25) is 5.10 Å². The number of benzene rings is 1. The molecule has 20 heavy (non-hydrogen) atoms. The number of aromatic amines is 1. The van der Waals surface area contributed by atoms with E-state index < -0.39 is 23.7 Å². The molecule has 5 nitrogen and oxygen atoms in total. The van der Waals surface area contributed by atoms with Gasteiger partial charge in [-0.1, -0.05) is 6.07 Å². The van der Waals surface area contributed by atoms with Crippen molar-refractivity contribution in [3.63, 3.8) is 0 Å². The first-order chi connectivity index (χ1) is 9.30. The highest BCUT2D eigenvalue weighted by atomic mass is 19.3. The van der Waals surface area contributed by atoms with E-state index in [0.29, 0.717) is 11.1 Å². The van der Waals surface area contributed by atoms with Gasteiger partial charge in [0, 0.05) is 5.56 Å². The van der Waals surface area contributed by atoms with Crippen LogP contribution in [-0.4, -0.2) is 22.4 Å². The molecule has 0 radical (unpaired) electrons. The van der Waals surface area contributed by atoms with E-state index in [-0.39, 0.29) is 5.82 Å². The highest BCUT2D eigenvalue weighted by Crippen LogP contribution is 2.48. The maximum absolute atomic E-state index is 13.1. The van der Waals surface area contributed by atoms with E-state index in [1.807, 2.05) is 0 Å². The predicted molar refractivity (Wildman–Crippen MR) is 59.6 cm³/mol. The van der Waals surface area contributed by atoms with Gasteiger partial charge in [-0.15, -0.1) is 0 Å². The summed E-state index contributed by atoms with van der Waals surface area (Å²) in [5.41, 5.74) is 6.39. The number of hydrogen-bond donors (Lipinski definition) is 2.